The van der Waals surface area contributed by atoms with Crippen LogP contribution in [0, 0.1) is 5.92 Å². The van der Waals surface area contributed by atoms with Gasteiger partial charge in [0.05, 0.1) is 5.88 Å². The zero-order valence-electron chi connectivity index (χ0n) is 6.21. The second-order valence-electron chi connectivity index (χ2n) is 2.74. The molecule has 1 unspecified atom stereocenters. The normalized spacial score (nSPS) is 26.0. The van der Waals surface area contributed by atoms with Crippen LogP contribution < -0.4 is 0 Å². The summed E-state index contributed by atoms with van der Waals surface area (Å²) in [6, 6.07) is 0. The first-order valence-corrected chi connectivity index (χ1v) is 4.29. The van der Waals surface area contributed by atoms with Crippen LogP contribution in [0.5, 0.6) is 0 Å². The third-order valence-electron chi connectivity index (χ3n) is 2.04. The van der Waals surface area contributed by atoms with Gasteiger partial charge in [-0.15, -0.1) is 0 Å². The molecule has 10 heavy (non-hydrogen) atoms. The molecule has 1 fully saturated rings. The highest BCUT2D eigenvalue weighted by atomic mass is 32.1. The van der Waals surface area contributed by atoms with Gasteiger partial charge in [0.15, 0.2) is 0 Å². The Labute approximate surface area is 67.0 Å². The Hall–Kier alpha value is -0.180. The summed E-state index contributed by atoms with van der Waals surface area (Å²) in [4.78, 5) is 12.9. The fourth-order valence-electron chi connectivity index (χ4n) is 1.26. The Morgan fingerprint density at radius 1 is 1.80 bits per heavy atom. The van der Waals surface area contributed by atoms with E-state index < -0.39 is 0 Å². The monoisotopic (exact) mass is 159 g/mol. The fraction of sp³-hybridized carbons (Fsp3) is 0.857. The minimum Gasteiger partial charge on any atom is -0.333 e. The number of hydrogen-bond acceptors (Lipinski definition) is 2. The highest BCUT2D eigenvalue weighted by Crippen LogP contribution is 2.20. The second kappa shape index (κ2) is 3.28. The Kier molecular flexibility index (Phi) is 2.60. The predicted octanol–water partition coefficient (Wildman–Crippen LogP) is 1.13. The number of nitrogens with zero attached hydrogens (tertiary/aromatic N) is 1. The van der Waals surface area contributed by atoms with Crippen molar-refractivity contribution >= 4 is 18.5 Å². The minimum absolute atomic E-state index is 0.266. The molecule has 0 aliphatic carbocycles. The molecule has 0 N–H and O–H groups in total. The smallest absolute Gasteiger partial charge is 0.223 e. The molecule has 1 atom stereocenters. The largest absolute Gasteiger partial charge is 0.333 e. The number of amides is 1. The van der Waals surface area contributed by atoms with Gasteiger partial charge in [0.2, 0.25) is 5.91 Å². The maximum atomic E-state index is 11.1. The second-order valence-corrected chi connectivity index (χ2v) is 3.02. The summed E-state index contributed by atoms with van der Waals surface area (Å²) < 4.78 is 0. The van der Waals surface area contributed by atoms with Crippen LogP contribution in [0.15, 0.2) is 0 Å². The van der Waals surface area contributed by atoms with Crippen LogP contribution in [-0.4, -0.2) is 23.2 Å². The number of thiol groups is 1. The van der Waals surface area contributed by atoms with E-state index >= 15 is 0 Å². The van der Waals surface area contributed by atoms with Crippen LogP contribution in [0.1, 0.15) is 19.8 Å². The molecule has 0 aromatic carbocycles. The average Bonchev–Trinajstić information content (AvgIpc) is 2.30. The lowest BCUT2D eigenvalue weighted by Crippen LogP contribution is -2.23. The molecule has 0 spiro atoms. The van der Waals surface area contributed by atoms with Crippen LogP contribution in [0.4, 0.5) is 0 Å². The molecule has 1 amide bonds. The molecule has 0 bridgehead atoms. The first-order chi connectivity index (χ1) is 4.77. The van der Waals surface area contributed by atoms with E-state index in [-0.39, 0.29) is 5.91 Å². The van der Waals surface area contributed by atoms with Crippen LogP contribution in [-0.2, 0) is 4.79 Å². The van der Waals surface area contributed by atoms with E-state index in [1.54, 1.807) is 4.90 Å². The maximum absolute atomic E-state index is 11.1. The molecule has 1 aliphatic rings. The third-order valence-corrected chi connectivity index (χ3v) is 2.38. The lowest BCUT2D eigenvalue weighted by atomic mass is 10.1. The van der Waals surface area contributed by atoms with Crippen molar-refractivity contribution in [2.45, 2.75) is 19.8 Å². The molecule has 0 radical (unpaired) electrons. The summed E-state index contributed by atoms with van der Waals surface area (Å²) >= 11 is 4.06. The summed E-state index contributed by atoms with van der Waals surface area (Å²) in [5.74, 6) is 1.43. The first kappa shape index (κ1) is 7.92. The quantitative estimate of drug-likeness (QED) is 0.599. The van der Waals surface area contributed by atoms with Crippen LogP contribution in [0.2, 0.25) is 0 Å². The van der Waals surface area contributed by atoms with E-state index in [2.05, 4.69) is 19.6 Å². The van der Waals surface area contributed by atoms with Gasteiger partial charge in [-0.25, -0.2) is 0 Å². The SMILES string of the molecule is CCC1CC(=O)N(CS)C1. The molecular formula is C7H13NOS. The zero-order valence-corrected chi connectivity index (χ0v) is 7.10. The number of rotatable bonds is 2. The van der Waals surface area contributed by atoms with Crippen molar-refractivity contribution in [1.82, 2.24) is 4.90 Å². The molecule has 1 aliphatic heterocycles. The Morgan fingerprint density at radius 2 is 2.50 bits per heavy atom. The number of carbonyl (C=O) groups excluding carboxylic acids is 1. The van der Waals surface area contributed by atoms with E-state index in [4.69, 9.17) is 0 Å². The van der Waals surface area contributed by atoms with Gasteiger partial charge in [0.1, 0.15) is 0 Å². The third kappa shape index (κ3) is 1.45. The lowest BCUT2D eigenvalue weighted by Gasteiger charge is -2.11. The van der Waals surface area contributed by atoms with Gasteiger partial charge in [-0.05, 0) is 5.92 Å². The van der Waals surface area contributed by atoms with Crippen molar-refractivity contribution < 1.29 is 4.79 Å². The van der Waals surface area contributed by atoms with Crippen molar-refractivity contribution in [3.63, 3.8) is 0 Å². The van der Waals surface area contributed by atoms with E-state index in [1.165, 1.54) is 0 Å². The van der Waals surface area contributed by atoms with Crippen molar-refractivity contribution in [3.05, 3.63) is 0 Å². The molecule has 58 valence electrons. The molecule has 0 aromatic rings. The van der Waals surface area contributed by atoms with Gasteiger partial charge in [0, 0.05) is 13.0 Å². The van der Waals surface area contributed by atoms with Crippen molar-refractivity contribution in [3.8, 4) is 0 Å². The minimum atomic E-state index is 0.266. The summed E-state index contributed by atoms with van der Waals surface area (Å²) in [6.07, 6.45) is 1.84. The summed E-state index contributed by atoms with van der Waals surface area (Å²) in [7, 11) is 0. The molecule has 3 heteroatoms. The summed E-state index contributed by atoms with van der Waals surface area (Å²) in [5.41, 5.74) is 0. The highest BCUT2D eigenvalue weighted by molar-refractivity contribution is 7.80. The highest BCUT2D eigenvalue weighted by Gasteiger charge is 2.26. The predicted molar refractivity (Wildman–Crippen MR) is 44.0 cm³/mol. The maximum Gasteiger partial charge on any atom is 0.223 e. The Bertz CT molecular complexity index is 138. The van der Waals surface area contributed by atoms with E-state index in [9.17, 15) is 4.79 Å². The van der Waals surface area contributed by atoms with Crippen LogP contribution >= 0.6 is 12.6 Å². The number of likely N-dealkylation sites (tertiary alicyclic amines) is 1. The molecule has 1 rings (SSSR count). The van der Waals surface area contributed by atoms with Crippen LogP contribution in [0.25, 0.3) is 0 Å². The topological polar surface area (TPSA) is 20.3 Å². The molecule has 1 saturated heterocycles. The first-order valence-electron chi connectivity index (χ1n) is 3.66. The van der Waals surface area contributed by atoms with Crippen molar-refractivity contribution in [1.29, 1.82) is 0 Å². The summed E-state index contributed by atoms with van der Waals surface area (Å²) in [5, 5.41) is 0. The Balaban J connectivity index is 2.44. The van der Waals surface area contributed by atoms with E-state index in [1.807, 2.05) is 0 Å². The lowest BCUT2D eigenvalue weighted by molar-refractivity contribution is -0.126. The zero-order chi connectivity index (χ0) is 7.56. The van der Waals surface area contributed by atoms with Gasteiger partial charge in [-0.3, -0.25) is 4.79 Å². The molecule has 0 aromatic heterocycles. The molecule has 0 saturated carbocycles. The fourth-order valence-corrected chi connectivity index (χ4v) is 1.54. The standard InChI is InChI=1S/C7H13NOS/c1-2-6-3-7(9)8(4-6)5-10/h6,10H,2-5H2,1H3. The average molecular weight is 159 g/mol. The Morgan fingerprint density at radius 3 is 2.80 bits per heavy atom. The van der Waals surface area contributed by atoms with Gasteiger partial charge in [0.25, 0.3) is 0 Å². The number of hydrogen-bond donors (Lipinski definition) is 1. The van der Waals surface area contributed by atoms with E-state index in [0.29, 0.717) is 11.8 Å². The van der Waals surface area contributed by atoms with Gasteiger partial charge < -0.3 is 4.90 Å². The van der Waals surface area contributed by atoms with Crippen molar-refractivity contribution in [2.75, 3.05) is 12.4 Å². The van der Waals surface area contributed by atoms with E-state index in [0.717, 1.165) is 19.4 Å². The summed E-state index contributed by atoms with van der Waals surface area (Å²) in [6.45, 7) is 3.04. The van der Waals surface area contributed by atoms with Gasteiger partial charge >= 0.3 is 0 Å². The van der Waals surface area contributed by atoms with Gasteiger partial charge in [-0.1, -0.05) is 13.3 Å². The van der Waals surface area contributed by atoms with Gasteiger partial charge in [-0.2, -0.15) is 12.6 Å². The number of carbonyl (C=O) groups is 1. The van der Waals surface area contributed by atoms with Crippen molar-refractivity contribution in [2.24, 2.45) is 5.92 Å². The molecule has 2 nitrogen and oxygen atoms in total. The molecular weight excluding hydrogens is 146 g/mol. The van der Waals surface area contributed by atoms with Crippen LogP contribution in [0.3, 0.4) is 0 Å². The molecule has 1 heterocycles.